The number of carbonyl (C=O) groups is 1. The number of hydrogen-bond acceptors (Lipinski definition) is 7. The molecule has 1 amide bonds. The molecule has 1 aromatic heterocycles. The van der Waals surface area contributed by atoms with Gasteiger partial charge in [-0.15, -0.1) is 0 Å². The first-order valence-electron chi connectivity index (χ1n) is 10.4. The van der Waals surface area contributed by atoms with Crippen molar-refractivity contribution < 1.29 is 13.9 Å². The van der Waals surface area contributed by atoms with E-state index in [0.29, 0.717) is 21.5 Å². The minimum atomic E-state index is -0.238. The maximum atomic E-state index is 13.2. The quantitative estimate of drug-likeness (QED) is 0.497. The molecule has 1 aliphatic rings. The van der Waals surface area contributed by atoms with Gasteiger partial charge in [0.25, 0.3) is 0 Å². The van der Waals surface area contributed by atoms with Crippen molar-refractivity contribution in [1.29, 1.82) is 0 Å². The van der Waals surface area contributed by atoms with Crippen LogP contribution in [0.1, 0.15) is 0 Å². The van der Waals surface area contributed by atoms with E-state index in [1.54, 1.807) is 42.7 Å². The number of thioether (sulfide) groups is 1. The number of benzene rings is 2. The number of ether oxygens (including phenoxy) is 1. The molecular weight excluding hydrogens is 465 g/mol. The predicted molar refractivity (Wildman–Crippen MR) is 130 cm³/mol. The monoisotopic (exact) mass is 487 g/mol. The highest BCUT2D eigenvalue weighted by Gasteiger charge is 2.22. The van der Waals surface area contributed by atoms with Crippen molar-refractivity contribution in [3.8, 4) is 5.75 Å². The van der Waals surface area contributed by atoms with E-state index in [0.717, 1.165) is 37.7 Å². The Morgan fingerprint density at radius 1 is 1.09 bits per heavy atom. The zero-order valence-electron chi connectivity index (χ0n) is 18.0. The summed E-state index contributed by atoms with van der Waals surface area (Å²) in [7, 11) is 1.54. The third-order valence-electron chi connectivity index (χ3n) is 5.19. The van der Waals surface area contributed by atoms with Crippen LogP contribution in [0.25, 0.3) is 0 Å². The van der Waals surface area contributed by atoms with E-state index in [4.69, 9.17) is 16.3 Å². The molecule has 1 aliphatic heterocycles. The first-order valence-corrected chi connectivity index (χ1v) is 11.7. The average molecular weight is 488 g/mol. The number of halogens is 2. The lowest BCUT2D eigenvalue weighted by Gasteiger charge is -2.37. The zero-order chi connectivity index (χ0) is 23.2. The number of amides is 1. The van der Waals surface area contributed by atoms with Crippen molar-refractivity contribution in [2.45, 2.75) is 5.03 Å². The summed E-state index contributed by atoms with van der Waals surface area (Å²) in [6.07, 6.45) is 3.28. The van der Waals surface area contributed by atoms with Crippen molar-refractivity contribution in [2.24, 2.45) is 0 Å². The second-order valence-corrected chi connectivity index (χ2v) is 8.69. The molecule has 172 valence electrons. The van der Waals surface area contributed by atoms with Gasteiger partial charge in [-0.25, -0.2) is 14.4 Å². The van der Waals surface area contributed by atoms with E-state index in [9.17, 15) is 9.18 Å². The third-order valence-corrected chi connectivity index (χ3v) is 6.46. The summed E-state index contributed by atoms with van der Waals surface area (Å²) in [5.74, 6) is 1.09. The number of anilines is 3. The largest absolute Gasteiger partial charge is 0.495 e. The minimum Gasteiger partial charge on any atom is -0.495 e. The Morgan fingerprint density at radius 3 is 2.48 bits per heavy atom. The molecule has 0 radical (unpaired) electrons. The lowest BCUT2D eigenvalue weighted by atomic mass is 10.2. The fraction of sp³-hybridized carbons (Fsp3) is 0.261. The summed E-state index contributed by atoms with van der Waals surface area (Å²) in [6, 6.07) is 11.6. The molecule has 2 heterocycles. The van der Waals surface area contributed by atoms with E-state index < -0.39 is 0 Å². The van der Waals surface area contributed by atoms with Crippen LogP contribution < -0.4 is 19.9 Å². The molecule has 0 bridgehead atoms. The third kappa shape index (κ3) is 5.85. The van der Waals surface area contributed by atoms with Gasteiger partial charge in [-0.05, 0) is 42.5 Å². The summed E-state index contributed by atoms with van der Waals surface area (Å²) in [5, 5.41) is 3.97. The molecule has 0 atom stereocenters. The molecule has 33 heavy (non-hydrogen) atoms. The predicted octanol–water partition coefficient (Wildman–Crippen LogP) is 4.34. The fourth-order valence-electron chi connectivity index (χ4n) is 3.54. The van der Waals surface area contributed by atoms with Crippen molar-refractivity contribution >= 4 is 46.5 Å². The van der Waals surface area contributed by atoms with Gasteiger partial charge in [0, 0.05) is 49.9 Å². The molecule has 3 aromatic rings. The van der Waals surface area contributed by atoms with Crippen LogP contribution in [0, 0.1) is 5.82 Å². The topological polar surface area (TPSA) is 70.6 Å². The molecule has 7 nitrogen and oxygen atoms in total. The maximum absolute atomic E-state index is 13.2. The molecule has 1 N–H and O–H groups in total. The second kappa shape index (κ2) is 10.7. The van der Waals surface area contributed by atoms with E-state index in [1.807, 2.05) is 0 Å². The smallest absolute Gasteiger partial charge is 0.234 e. The molecule has 4 rings (SSSR count). The molecule has 0 saturated carbocycles. The highest BCUT2D eigenvalue weighted by molar-refractivity contribution is 8.00. The Labute approximate surface area is 200 Å². The van der Waals surface area contributed by atoms with Crippen LogP contribution >= 0.6 is 23.4 Å². The lowest BCUT2D eigenvalue weighted by molar-refractivity contribution is -0.113. The number of nitrogens with one attached hydrogen (secondary N) is 1. The number of aromatic nitrogens is 2. The lowest BCUT2D eigenvalue weighted by Crippen LogP contribution is -2.47. The van der Waals surface area contributed by atoms with Crippen LogP contribution in [-0.2, 0) is 4.79 Å². The van der Waals surface area contributed by atoms with Crippen LogP contribution in [0.2, 0.25) is 5.02 Å². The van der Waals surface area contributed by atoms with E-state index >= 15 is 0 Å². The number of piperazine rings is 1. The molecule has 0 unspecified atom stereocenters. The van der Waals surface area contributed by atoms with Crippen LogP contribution in [0.15, 0.2) is 59.9 Å². The highest BCUT2D eigenvalue weighted by atomic mass is 35.5. The minimum absolute atomic E-state index is 0.168. The number of methoxy groups -OCH3 is 1. The fourth-order valence-corrected chi connectivity index (χ4v) is 4.58. The second-order valence-electron chi connectivity index (χ2n) is 7.32. The highest BCUT2D eigenvalue weighted by Crippen LogP contribution is 2.29. The molecule has 1 fully saturated rings. The van der Waals surface area contributed by atoms with E-state index in [-0.39, 0.29) is 17.5 Å². The summed E-state index contributed by atoms with van der Waals surface area (Å²) in [4.78, 5) is 25.8. The van der Waals surface area contributed by atoms with Crippen LogP contribution in [-0.4, -0.2) is 54.9 Å². The Hall–Kier alpha value is -3.04. The molecule has 0 spiro atoms. The molecule has 2 aromatic carbocycles. The van der Waals surface area contributed by atoms with E-state index in [2.05, 4.69) is 25.1 Å². The molecule has 10 heteroatoms. The standard InChI is InChI=1S/C23H23ClFN5O2S/c1-32-20-7-4-17(14-19(20)24)28-21(31)15-33-23-22(26-8-9-27-23)30-12-10-29(11-13-30)18-5-2-16(25)3-6-18/h2-9,14H,10-13,15H2,1H3,(H,28,31). The summed E-state index contributed by atoms with van der Waals surface area (Å²) in [6.45, 7) is 3.07. The first kappa shape index (κ1) is 23.1. The Bertz CT molecular complexity index is 1110. The van der Waals surface area contributed by atoms with Gasteiger partial charge in [-0.3, -0.25) is 4.79 Å². The van der Waals surface area contributed by atoms with Crippen LogP contribution in [0.5, 0.6) is 5.75 Å². The summed E-state index contributed by atoms with van der Waals surface area (Å²) >= 11 is 7.46. The average Bonchev–Trinajstić information content (AvgIpc) is 2.84. The zero-order valence-corrected chi connectivity index (χ0v) is 19.6. The van der Waals surface area contributed by atoms with Crippen molar-refractivity contribution in [3.63, 3.8) is 0 Å². The summed E-state index contributed by atoms with van der Waals surface area (Å²) in [5.41, 5.74) is 1.60. The van der Waals surface area contributed by atoms with Crippen molar-refractivity contribution in [3.05, 3.63) is 65.7 Å². The Kier molecular flexibility index (Phi) is 7.51. The van der Waals surface area contributed by atoms with Gasteiger partial charge in [0.1, 0.15) is 16.6 Å². The van der Waals surface area contributed by atoms with Gasteiger partial charge < -0.3 is 19.9 Å². The van der Waals surface area contributed by atoms with Crippen molar-refractivity contribution in [1.82, 2.24) is 9.97 Å². The SMILES string of the molecule is COc1ccc(NC(=O)CSc2nccnc2N2CCN(c3ccc(F)cc3)CC2)cc1Cl. The maximum Gasteiger partial charge on any atom is 0.234 e. The Balaban J connectivity index is 1.34. The number of carbonyl (C=O) groups excluding carboxylic acids is 1. The normalized spacial score (nSPS) is 13.7. The number of nitrogens with zero attached hydrogens (tertiary/aromatic N) is 4. The Morgan fingerprint density at radius 2 is 1.79 bits per heavy atom. The van der Waals surface area contributed by atoms with Gasteiger partial charge >= 0.3 is 0 Å². The molecular formula is C23H23ClFN5O2S. The molecule has 1 saturated heterocycles. The van der Waals surface area contributed by atoms with Gasteiger partial charge in [0.15, 0.2) is 5.82 Å². The van der Waals surface area contributed by atoms with E-state index in [1.165, 1.54) is 31.0 Å². The van der Waals surface area contributed by atoms with Crippen LogP contribution in [0.3, 0.4) is 0 Å². The summed E-state index contributed by atoms with van der Waals surface area (Å²) < 4.78 is 18.3. The van der Waals surface area contributed by atoms with Gasteiger partial charge in [-0.2, -0.15) is 0 Å². The van der Waals surface area contributed by atoms with Crippen LogP contribution in [0.4, 0.5) is 21.6 Å². The van der Waals surface area contributed by atoms with Gasteiger partial charge in [0.2, 0.25) is 5.91 Å². The van der Waals surface area contributed by atoms with Crippen molar-refractivity contribution in [2.75, 3.05) is 54.2 Å². The van der Waals surface area contributed by atoms with Gasteiger partial charge in [0.05, 0.1) is 17.9 Å². The first-order chi connectivity index (χ1) is 16.0. The van der Waals surface area contributed by atoms with Gasteiger partial charge in [-0.1, -0.05) is 23.4 Å². The number of hydrogen-bond donors (Lipinski definition) is 1. The number of rotatable bonds is 7. The molecule has 0 aliphatic carbocycles.